The van der Waals surface area contributed by atoms with Gasteiger partial charge < -0.3 is 4.90 Å². The van der Waals surface area contributed by atoms with Crippen LogP contribution in [0.1, 0.15) is 71.3 Å². The highest BCUT2D eigenvalue weighted by Gasteiger charge is 2.49. The molecule has 0 amide bonds. The molecule has 0 saturated carbocycles. The smallest absolute Gasteiger partial charge is 0.105 e. The van der Waals surface area contributed by atoms with Crippen molar-refractivity contribution in [2.45, 2.75) is 83.2 Å². The Morgan fingerprint density at radius 2 is 1.68 bits per heavy atom. The third-order valence-electron chi connectivity index (χ3n) is 7.90. The van der Waals surface area contributed by atoms with Crippen molar-refractivity contribution in [3.8, 4) is 0 Å². The molecule has 4 aliphatic heterocycles. The van der Waals surface area contributed by atoms with Gasteiger partial charge in [0.05, 0.1) is 5.69 Å². The Balaban J connectivity index is 1.41. The number of aliphatic imine (C=N–C) groups is 1. The Hall–Kier alpha value is -1.35. The Morgan fingerprint density at radius 1 is 0.929 bits per heavy atom. The predicted octanol–water partition coefficient (Wildman–Crippen LogP) is 5.37. The first-order valence-corrected chi connectivity index (χ1v) is 11.7. The molecule has 0 unspecified atom stereocenters. The van der Waals surface area contributed by atoms with Crippen molar-refractivity contribution in [3.63, 3.8) is 0 Å². The molecule has 28 heavy (non-hydrogen) atoms. The molecular weight excluding hydrogens is 342 g/mol. The van der Waals surface area contributed by atoms with Crippen molar-refractivity contribution < 1.29 is 0 Å². The first kappa shape index (κ1) is 18.7. The number of nitrogens with zero attached hydrogens (tertiary/aromatic N) is 3. The van der Waals surface area contributed by atoms with Gasteiger partial charge in [-0.1, -0.05) is 32.9 Å². The van der Waals surface area contributed by atoms with Crippen molar-refractivity contribution in [1.82, 2.24) is 9.80 Å². The normalized spacial score (nSPS) is 34.8. The van der Waals surface area contributed by atoms with E-state index in [2.05, 4.69) is 54.8 Å². The molecule has 152 valence electrons. The maximum atomic E-state index is 5.20. The van der Waals surface area contributed by atoms with E-state index in [1.807, 2.05) is 0 Å². The summed E-state index contributed by atoms with van der Waals surface area (Å²) in [6, 6.07) is 10.6. The molecule has 4 saturated heterocycles. The molecule has 0 N–H and O–H groups in total. The van der Waals surface area contributed by atoms with Crippen LogP contribution in [0, 0.1) is 11.8 Å². The van der Waals surface area contributed by atoms with Gasteiger partial charge in [0, 0.05) is 25.0 Å². The molecule has 3 heteroatoms. The van der Waals surface area contributed by atoms with Crippen LogP contribution in [-0.2, 0) is 5.41 Å². The Bertz CT molecular complexity index is 727. The lowest BCUT2D eigenvalue weighted by Gasteiger charge is -2.59. The summed E-state index contributed by atoms with van der Waals surface area (Å²) in [5.41, 5.74) is 2.74. The maximum absolute atomic E-state index is 5.20. The zero-order valence-electron chi connectivity index (χ0n) is 18.0. The second-order valence-corrected chi connectivity index (χ2v) is 10.7. The third-order valence-corrected chi connectivity index (χ3v) is 7.90. The van der Waals surface area contributed by atoms with Crippen LogP contribution in [0.5, 0.6) is 0 Å². The summed E-state index contributed by atoms with van der Waals surface area (Å²) in [4.78, 5) is 10.8. The minimum absolute atomic E-state index is 0.206. The quantitative estimate of drug-likeness (QED) is 0.653. The van der Waals surface area contributed by atoms with Crippen molar-refractivity contribution in [2.75, 3.05) is 19.6 Å². The molecule has 1 aromatic carbocycles. The van der Waals surface area contributed by atoms with E-state index in [1.165, 1.54) is 69.6 Å². The zero-order chi connectivity index (χ0) is 19.3. The largest absolute Gasteiger partial charge is 0.356 e. The highest BCUT2D eigenvalue weighted by atomic mass is 15.3. The van der Waals surface area contributed by atoms with E-state index in [4.69, 9.17) is 4.99 Å². The van der Waals surface area contributed by atoms with Crippen LogP contribution in [0.2, 0.25) is 0 Å². The van der Waals surface area contributed by atoms with E-state index >= 15 is 0 Å². The fourth-order valence-corrected chi connectivity index (χ4v) is 6.58. The van der Waals surface area contributed by atoms with Gasteiger partial charge in [-0.15, -0.1) is 0 Å². The Labute approximate surface area is 171 Å². The molecule has 0 aliphatic carbocycles. The monoisotopic (exact) mass is 379 g/mol. The highest BCUT2D eigenvalue weighted by Crippen LogP contribution is 2.45. The van der Waals surface area contributed by atoms with Gasteiger partial charge in [-0.25, -0.2) is 4.99 Å². The molecule has 4 fully saturated rings. The van der Waals surface area contributed by atoms with Gasteiger partial charge in [-0.2, -0.15) is 0 Å². The van der Waals surface area contributed by atoms with E-state index in [-0.39, 0.29) is 5.41 Å². The minimum atomic E-state index is 0.206. The first-order valence-electron chi connectivity index (χ1n) is 11.7. The standard InChI is InChI=1S/C25H37N3/c1-25(2,3)19-11-13-20(14-12-19)26-23-10-4-9-22-21-8-6-16-27-15-5-7-18(24(21)27)17-28(22)23/h11-14,18,21-22,24H,4-10,15-17H2,1-3H3/t18-,21-,22-,24+/m1/s1. The SMILES string of the molecule is CC(C)(C)c1ccc(N=C2CCC[C@@H]3[C@H]4CCCN5CCC[C@H](CN23)[C@@H]45)cc1. The lowest BCUT2D eigenvalue weighted by Crippen LogP contribution is -2.66. The zero-order valence-corrected chi connectivity index (χ0v) is 18.0. The van der Waals surface area contributed by atoms with Crippen LogP contribution in [0.25, 0.3) is 0 Å². The topological polar surface area (TPSA) is 18.8 Å². The molecule has 1 aromatic rings. The van der Waals surface area contributed by atoms with Crippen LogP contribution in [0.15, 0.2) is 29.3 Å². The fourth-order valence-electron chi connectivity index (χ4n) is 6.58. The number of amidine groups is 1. The van der Waals surface area contributed by atoms with E-state index in [0.717, 1.165) is 36.0 Å². The van der Waals surface area contributed by atoms with Crippen LogP contribution in [0.4, 0.5) is 5.69 Å². The van der Waals surface area contributed by atoms with E-state index < -0.39 is 0 Å². The van der Waals surface area contributed by atoms with Gasteiger partial charge in [0.1, 0.15) is 5.84 Å². The summed E-state index contributed by atoms with van der Waals surface area (Å²) < 4.78 is 0. The van der Waals surface area contributed by atoms with E-state index in [9.17, 15) is 0 Å². The van der Waals surface area contributed by atoms with Crippen LogP contribution in [-0.4, -0.2) is 47.4 Å². The van der Waals surface area contributed by atoms with Crippen molar-refractivity contribution in [1.29, 1.82) is 0 Å². The van der Waals surface area contributed by atoms with Crippen molar-refractivity contribution in [3.05, 3.63) is 29.8 Å². The third kappa shape index (κ3) is 3.30. The number of fused-ring (bicyclic) bond motifs is 2. The molecule has 4 aliphatic rings. The van der Waals surface area contributed by atoms with Crippen molar-refractivity contribution in [2.24, 2.45) is 16.8 Å². The maximum Gasteiger partial charge on any atom is 0.105 e. The lowest BCUT2D eigenvalue weighted by atomic mass is 9.68. The average Bonchev–Trinajstić information content (AvgIpc) is 2.69. The Kier molecular flexibility index (Phi) is 4.77. The predicted molar refractivity (Wildman–Crippen MR) is 117 cm³/mol. The summed E-state index contributed by atoms with van der Waals surface area (Å²) in [5.74, 6) is 3.12. The van der Waals surface area contributed by atoms with Gasteiger partial charge in [-0.05, 0) is 86.6 Å². The summed E-state index contributed by atoms with van der Waals surface area (Å²) in [6.07, 6.45) is 9.51. The fraction of sp³-hybridized carbons (Fsp3) is 0.720. The van der Waals surface area contributed by atoms with E-state index in [0.29, 0.717) is 0 Å². The number of piperidine rings is 4. The van der Waals surface area contributed by atoms with Gasteiger partial charge in [0.25, 0.3) is 0 Å². The van der Waals surface area contributed by atoms with E-state index in [1.54, 1.807) is 0 Å². The number of benzene rings is 1. The summed E-state index contributed by atoms with van der Waals surface area (Å²) in [5, 5.41) is 0. The second kappa shape index (κ2) is 7.16. The minimum Gasteiger partial charge on any atom is -0.356 e. The molecule has 0 spiro atoms. The molecule has 3 nitrogen and oxygen atoms in total. The van der Waals surface area contributed by atoms with Crippen LogP contribution >= 0.6 is 0 Å². The molecule has 5 rings (SSSR count). The summed E-state index contributed by atoms with van der Waals surface area (Å²) in [7, 11) is 0. The number of rotatable bonds is 1. The molecule has 0 aromatic heterocycles. The summed E-state index contributed by atoms with van der Waals surface area (Å²) in [6.45, 7) is 10.8. The molecule has 0 radical (unpaired) electrons. The number of hydrogen-bond donors (Lipinski definition) is 0. The first-order chi connectivity index (χ1) is 13.5. The lowest BCUT2D eigenvalue weighted by molar-refractivity contribution is -0.0604. The highest BCUT2D eigenvalue weighted by molar-refractivity contribution is 5.86. The molecule has 4 atom stereocenters. The molecule has 4 heterocycles. The van der Waals surface area contributed by atoms with Crippen molar-refractivity contribution >= 4 is 11.5 Å². The number of hydrogen-bond acceptors (Lipinski definition) is 2. The average molecular weight is 380 g/mol. The van der Waals surface area contributed by atoms with Gasteiger partial charge >= 0.3 is 0 Å². The van der Waals surface area contributed by atoms with Gasteiger partial charge in [-0.3, -0.25) is 4.90 Å². The van der Waals surface area contributed by atoms with Gasteiger partial charge in [0.15, 0.2) is 0 Å². The van der Waals surface area contributed by atoms with Gasteiger partial charge in [0.2, 0.25) is 0 Å². The Morgan fingerprint density at radius 3 is 2.43 bits per heavy atom. The molecular formula is C25H37N3. The molecule has 0 bridgehead atoms. The second-order valence-electron chi connectivity index (χ2n) is 10.7. The van der Waals surface area contributed by atoms with Crippen LogP contribution in [0.3, 0.4) is 0 Å². The summed E-state index contributed by atoms with van der Waals surface area (Å²) >= 11 is 0. The van der Waals surface area contributed by atoms with Crippen LogP contribution < -0.4 is 0 Å².